The Bertz CT molecular complexity index is 1130. The topological polar surface area (TPSA) is 62.3 Å². The fourth-order valence-corrected chi connectivity index (χ4v) is 4.98. The van der Waals surface area contributed by atoms with Crippen LogP contribution in [0, 0.1) is 0 Å². The van der Waals surface area contributed by atoms with E-state index in [1.807, 2.05) is 24.3 Å². The fraction of sp³-hybridized carbons (Fsp3) is 0.348. The minimum Gasteiger partial charge on any atom is -0.354 e. The molecular weight excluding hydrogens is 382 g/mol. The Hall–Kier alpha value is -2.44. The minimum atomic E-state index is -3.60. The Labute approximate surface area is 172 Å². The number of hydrogen-bond donors (Lipinski definition) is 1. The maximum Gasteiger partial charge on any atom is 0.206 e. The second-order valence-corrected chi connectivity index (χ2v) is 10.5. The SMILES string of the molecule is CC(C)(C)c1ccc(S(=O)(=O)c2ccc3ccnc(N4CCNCC4)c3c2)cc1. The van der Waals surface area contributed by atoms with E-state index in [0.29, 0.717) is 9.79 Å². The Kier molecular flexibility index (Phi) is 5.09. The quantitative estimate of drug-likeness (QED) is 0.713. The summed E-state index contributed by atoms with van der Waals surface area (Å²) in [5, 5.41) is 5.21. The summed E-state index contributed by atoms with van der Waals surface area (Å²) in [6, 6.07) is 14.5. The molecule has 1 aliphatic rings. The van der Waals surface area contributed by atoms with Gasteiger partial charge in [-0.3, -0.25) is 0 Å². The van der Waals surface area contributed by atoms with Gasteiger partial charge in [-0.15, -0.1) is 0 Å². The lowest BCUT2D eigenvalue weighted by molar-refractivity contribution is 0.585. The molecule has 6 heteroatoms. The van der Waals surface area contributed by atoms with Crippen molar-refractivity contribution in [2.24, 2.45) is 0 Å². The number of rotatable bonds is 3. The number of hydrogen-bond acceptors (Lipinski definition) is 5. The van der Waals surface area contributed by atoms with Crippen LogP contribution < -0.4 is 10.2 Å². The molecule has 0 atom stereocenters. The summed E-state index contributed by atoms with van der Waals surface area (Å²) >= 11 is 0. The molecule has 1 fully saturated rings. The van der Waals surface area contributed by atoms with Crippen LogP contribution in [0.25, 0.3) is 10.8 Å². The average molecular weight is 410 g/mol. The molecule has 152 valence electrons. The number of aromatic nitrogens is 1. The lowest BCUT2D eigenvalue weighted by Crippen LogP contribution is -2.43. The van der Waals surface area contributed by atoms with Crippen molar-refractivity contribution in [3.05, 3.63) is 60.3 Å². The third-order valence-electron chi connectivity index (χ3n) is 5.47. The van der Waals surface area contributed by atoms with Crippen LogP contribution in [-0.4, -0.2) is 39.6 Å². The number of anilines is 1. The van der Waals surface area contributed by atoms with E-state index in [-0.39, 0.29) is 5.41 Å². The molecule has 2 heterocycles. The summed E-state index contributed by atoms with van der Waals surface area (Å²) in [4.78, 5) is 7.40. The van der Waals surface area contributed by atoms with Crippen molar-refractivity contribution >= 4 is 26.4 Å². The van der Waals surface area contributed by atoms with E-state index in [0.717, 1.165) is 48.3 Å². The van der Waals surface area contributed by atoms with Gasteiger partial charge in [-0.25, -0.2) is 13.4 Å². The summed E-state index contributed by atoms with van der Waals surface area (Å²) in [5.41, 5.74) is 1.09. The van der Waals surface area contributed by atoms with Gasteiger partial charge in [0.1, 0.15) is 5.82 Å². The summed E-state index contributed by atoms with van der Waals surface area (Å²) in [6.07, 6.45) is 1.79. The summed E-state index contributed by atoms with van der Waals surface area (Å²) < 4.78 is 26.6. The standard InChI is InChI=1S/C23H27N3O2S/c1-23(2,3)18-5-8-19(9-6-18)29(27,28)20-7-4-17-10-11-25-22(21(17)16-20)26-14-12-24-13-15-26/h4-11,16,24H,12-15H2,1-3H3. The number of nitrogens with one attached hydrogen (secondary N) is 1. The molecule has 4 rings (SSSR count). The van der Waals surface area contributed by atoms with E-state index >= 15 is 0 Å². The summed E-state index contributed by atoms with van der Waals surface area (Å²) in [5.74, 6) is 0.851. The molecule has 0 radical (unpaired) electrons. The predicted molar refractivity (Wildman–Crippen MR) is 117 cm³/mol. The molecule has 1 N–H and O–H groups in total. The van der Waals surface area contributed by atoms with E-state index in [4.69, 9.17) is 0 Å². The molecule has 0 spiro atoms. The van der Waals surface area contributed by atoms with Crippen LogP contribution in [0.15, 0.2) is 64.5 Å². The van der Waals surface area contributed by atoms with E-state index in [1.54, 1.807) is 30.5 Å². The van der Waals surface area contributed by atoms with Crippen molar-refractivity contribution in [1.29, 1.82) is 0 Å². The Morgan fingerprint density at radius 3 is 2.24 bits per heavy atom. The molecule has 1 aromatic heterocycles. The van der Waals surface area contributed by atoms with Crippen molar-refractivity contribution in [2.45, 2.75) is 36.0 Å². The molecule has 0 amide bonds. The number of piperazine rings is 1. The molecule has 2 aromatic carbocycles. The van der Waals surface area contributed by atoms with Crippen LogP contribution in [0.5, 0.6) is 0 Å². The zero-order chi connectivity index (χ0) is 20.6. The first-order valence-electron chi connectivity index (χ1n) is 9.97. The molecule has 1 aliphatic heterocycles. The van der Waals surface area contributed by atoms with Gasteiger partial charge in [0, 0.05) is 37.8 Å². The highest BCUT2D eigenvalue weighted by atomic mass is 32.2. The van der Waals surface area contributed by atoms with Gasteiger partial charge in [-0.2, -0.15) is 0 Å². The van der Waals surface area contributed by atoms with Gasteiger partial charge in [-0.05, 0) is 46.7 Å². The zero-order valence-corrected chi connectivity index (χ0v) is 18.0. The smallest absolute Gasteiger partial charge is 0.206 e. The third kappa shape index (κ3) is 3.87. The van der Waals surface area contributed by atoms with Crippen LogP contribution in [0.4, 0.5) is 5.82 Å². The number of nitrogens with zero attached hydrogens (tertiary/aromatic N) is 2. The monoisotopic (exact) mass is 409 g/mol. The maximum atomic E-state index is 13.3. The van der Waals surface area contributed by atoms with Gasteiger partial charge in [0.15, 0.2) is 0 Å². The van der Waals surface area contributed by atoms with Gasteiger partial charge in [0.2, 0.25) is 9.84 Å². The summed E-state index contributed by atoms with van der Waals surface area (Å²) in [6.45, 7) is 9.86. The van der Waals surface area contributed by atoms with Crippen LogP contribution in [-0.2, 0) is 15.3 Å². The second-order valence-electron chi connectivity index (χ2n) is 8.53. The number of sulfone groups is 1. The summed E-state index contributed by atoms with van der Waals surface area (Å²) in [7, 11) is -3.60. The van der Waals surface area contributed by atoms with Crippen molar-refractivity contribution in [2.75, 3.05) is 31.1 Å². The highest BCUT2D eigenvalue weighted by Gasteiger charge is 2.22. The number of benzene rings is 2. The van der Waals surface area contributed by atoms with Crippen molar-refractivity contribution in [1.82, 2.24) is 10.3 Å². The van der Waals surface area contributed by atoms with Crippen molar-refractivity contribution in [3.8, 4) is 0 Å². The zero-order valence-electron chi connectivity index (χ0n) is 17.1. The fourth-order valence-electron chi connectivity index (χ4n) is 3.70. The molecule has 0 bridgehead atoms. The van der Waals surface area contributed by atoms with Crippen LogP contribution in [0.1, 0.15) is 26.3 Å². The molecular formula is C23H27N3O2S. The van der Waals surface area contributed by atoms with Gasteiger partial charge < -0.3 is 10.2 Å². The predicted octanol–water partition coefficient (Wildman–Crippen LogP) is 3.77. The van der Waals surface area contributed by atoms with E-state index in [1.165, 1.54) is 0 Å². The molecule has 29 heavy (non-hydrogen) atoms. The molecule has 5 nitrogen and oxygen atoms in total. The number of pyridine rings is 1. The lowest BCUT2D eigenvalue weighted by Gasteiger charge is -2.29. The van der Waals surface area contributed by atoms with E-state index in [9.17, 15) is 8.42 Å². The van der Waals surface area contributed by atoms with E-state index < -0.39 is 9.84 Å². The average Bonchev–Trinajstić information content (AvgIpc) is 2.73. The largest absolute Gasteiger partial charge is 0.354 e. The van der Waals surface area contributed by atoms with E-state index in [2.05, 4.69) is 36.0 Å². The molecule has 3 aromatic rings. The highest BCUT2D eigenvalue weighted by Crippen LogP contribution is 2.31. The van der Waals surface area contributed by atoms with Crippen molar-refractivity contribution < 1.29 is 8.42 Å². The Morgan fingerprint density at radius 1 is 0.931 bits per heavy atom. The molecule has 0 unspecified atom stereocenters. The van der Waals surface area contributed by atoms with Gasteiger partial charge >= 0.3 is 0 Å². The first kappa shape index (κ1) is 19.9. The minimum absolute atomic E-state index is 0.0187. The highest BCUT2D eigenvalue weighted by molar-refractivity contribution is 7.91. The molecule has 0 saturated carbocycles. The second kappa shape index (κ2) is 7.43. The van der Waals surface area contributed by atoms with Crippen LogP contribution in [0.3, 0.4) is 0 Å². The lowest BCUT2D eigenvalue weighted by atomic mass is 9.87. The Balaban J connectivity index is 1.77. The molecule has 0 aliphatic carbocycles. The van der Waals surface area contributed by atoms with Crippen LogP contribution in [0.2, 0.25) is 0 Å². The normalized spacial score (nSPS) is 15.6. The Morgan fingerprint density at radius 2 is 1.59 bits per heavy atom. The number of fused-ring (bicyclic) bond motifs is 1. The maximum absolute atomic E-state index is 13.3. The van der Waals surface area contributed by atoms with Gasteiger partial charge in [0.25, 0.3) is 0 Å². The van der Waals surface area contributed by atoms with Gasteiger partial charge in [-0.1, -0.05) is 39.0 Å². The first-order valence-corrected chi connectivity index (χ1v) is 11.5. The van der Waals surface area contributed by atoms with Crippen molar-refractivity contribution in [3.63, 3.8) is 0 Å². The first-order chi connectivity index (χ1) is 13.8. The molecule has 1 saturated heterocycles. The van der Waals surface area contributed by atoms with Gasteiger partial charge in [0.05, 0.1) is 9.79 Å². The van der Waals surface area contributed by atoms with Crippen LogP contribution >= 0.6 is 0 Å². The third-order valence-corrected chi connectivity index (χ3v) is 7.24.